The molecular formula is C66H68N4OPt. The van der Waals surface area contributed by atoms with Crippen LogP contribution in [0.3, 0.4) is 0 Å². The average Bonchev–Trinajstić information content (AvgIpc) is 3.89. The van der Waals surface area contributed by atoms with Gasteiger partial charge in [0, 0.05) is 45.7 Å². The zero-order valence-electron chi connectivity index (χ0n) is 44.3. The van der Waals surface area contributed by atoms with E-state index in [-0.39, 0.29) is 44.7 Å². The molecule has 3 heterocycles. The number of hydrogen-bond acceptors (Lipinski definition) is 4. The van der Waals surface area contributed by atoms with Crippen molar-refractivity contribution in [3.63, 3.8) is 0 Å². The fourth-order valence-electron chi connectivity index (χ4n) is 10.3. The molecule has 0 N–H and O–H groups in total. The summed E-state index contributed by atoms with van der Waals surface area (Å²) in [6.07, 6.45) is 1.92. The van der Waals surface area contributed by atoms with Gasteiger partial charge in [-0.2, -0.15) is 6.07 Å². The molecule has 7 aromatic carbocycles. The number of rotatable bonds is 10. The summed E-state index contributed by atoms with van der Waals surface area (Å²) in [6.45, 7) is 29.6. The molecule has 0 aliphatic carbocycles. The Morgan fingerprint density at radius 3 is 1.93 bits per heavy atom. The Hall–Kier alpha value is -6.42. The predicted octanol–water partition coefficient (Wildman–Crippen LogP) is 18.3. The summed E-state index contributed by atoms with van der Waals surface area (Å²) in [4.78, 5) is 9.55. The normalized spacial score (nSPS) is 12.9. The van der Waals surface area contributed by atoms with Crippen LogP contribution < -0.4 is 14.5 Å². The summed E-state index contributed by atoms with van der Waals surface area (Å²) in [7, 11) is 0. The summed E-state index contributed by atoms with van der Waals surface area (Å²) in [6, 6.07) is 62.3. The first-order valence-electron chi connectivity index (χ1n) is 24.9. The van der Waals surface area contributed by atoms with Gasteiger partial charge in [0.2, 0.25) is 0 Å². The number of aromatic nitrogens is 2. The Balaban J connectivity index is 0.00000347. The molecule has 0 unspecified atom stereocenters. The van der Waals surface area contributed by atoms with Crippen molar-refractivity contribution in [3.8, 4) is 28.4 Å². The number of anilines is 4. The van der Waals surface area contributed by atoms with E-state index in [0.29, 0.717) is 23.3 Å². The summed E-state index contributed by atoms with van der Waals surface area (Å²) >= 11 is 0. The molecule has 0 bridgehead atoms. The molecule has 0 saturated carbocycles. The van der Waals surface area contributed by atoms with Crippen LogP contribution >= 0.6 is 0 Å². The molecule has 0 saturated heterocycles. The zero-order chi connectivity index (χ0) is 49.3. The fourth-order valence-corrected chi connectivity index (χ4v) is 10.3. The number of ether oxygens (including phenoxy) is 1. The average molecular weight is 1130 g/mol. The van der Waals surface area contributed by atoms with E-state index in [1.165, 1.54) is 49.9 Å². The minimum Gasteiger partial charge on any atom is -0.509 e. The number of nitrogens with zero attached hydrogens (tertiary/aromatic N) is 4. The quantitative estimate of drug-likeness (QED) is 0.128. The van der Waals surface area contributed by atoms with Crippen molar-refractivity contribution in [2.24, 2.45) is 0 Å². The Kier molecular flexibility index (Phi) is 14.3. The van der Waals surface area contributed by atoms with Crippen molar-refractivity contribution in [1.82, 2.24) is 9.55 Å². The number of pyridine rings is 1. The molecule has 6 heteroatoms. The number of para-hydroxylation sites is 1. The second-order valence-electron chi connectivity index (χ2n) is 22.2. The van der Waals surface area contributed by atoms with E-state index < -0.39 is 0 Å². The van der Waals surface area contributed by atoms with Crippen LogP contribution in [0, 0.1) is 26.2 Å². The summed E-state index contributed by atoms with van der Waals surface area (Å²) in [5, 5.41) is 2.33. The second kappa shape index (κ2) is 19.9. The molecule has 0 atom stereocenters. The van der Waals surface area contributed by atoms with Crippen LogP contribution in [-0.4, -0.2) is 9.55 Å². The topological polar surface area (TPSA) is 33.5 Å². The summed E-state index contributed by atoms with van der Waals surface area (Å²) < 4.78 is 9.18. The van der Waals surface area contributed by atoms with Crippen LogP contribution in [0.5, 0.6) is 11.5 Å². The van der Waals surface area contributed by atoms with Gasteiger partial charge in [-0.3, -0.25) is 0 Å². The molecule has 72 heavy (non-hydrogen) atoms. The number of benzene rings is 7. The summed E-state index contributed by atoms with van der Waals surface area (Å²) in [5.41, 5.74) is 15.9. The van der Waals surface area contributed by atoms with Crippen molar-refractivity contribution in [2.45, 2.75) is 111 Å². The Labute approximate surface area is 444 Å². The largest absolute Gasteiger partial charge is 4.00 e. The Morgan fingerprint density at radius 2 is 1.24 bits per heavy atom. The standard InChI is InChI=1S/C65H65N4O.CH3.Pt/c1-42(2)52-28-20-29-53(43(3)4)61(52)44-31-32-57-58(35-44)68(48-24-18-23-47(36-48)65(11,12)45-21-14-13-15-22-45)41-67(57)49-25-19-26-50(38-49)70-51-39-55(64(8,9)10)62-54-27-16-17-30-56(54)69(59(62)40-51)60-37-46(33-34-66-60)63(5,6)7;;/h13-37,39,41-43H,1-12H3;1H3;/q-3;-1;+4. The van der Waals surface area contributed by atoms with Crippen molar-refractivity contribution < 1.29 is 25.8 Å². The SMILES string of the molecule is CC(C)c1cccc(C(C)C)c1-c1ccc2c(c1)N(c1cccc(C(C)(C)c3ccccc3)c1)[CH-]N2c1[c-]c(Oc2[c-]c3c(c(C(C)(C)C)c2)c2ccccc2n3-c2cc(C(C)(C)C)ccn2)ccc1.[CH3-].[Pt+4]. The van der Waals surface area contributed by atoms with Crippen LogP contribution in [0.1, 0.15) is 128 Å². The van der Waals surface area contributed by atoms with Gasteiger partial charge in [-0.25, -0.2) is 4.98 Å². The molecule has 0 amide bonds. The van der Waals surface area contributed by atoms with Crippen molar-refractivity contribution >= 4 is 44.6 Å². The summed E-state index contributed by atoms with van der Waals surface area (Å²) in [5.74, 6) is 2.83. The van der Waals surface area contributed by atoms with Crippen LogP contribution in [0.2, 0.25) is 0 Å². The molecule has 1 aliphatic rings. The van der Waals surface area contributed by atoms with Gasteiger partial charge >= 0.3 is 21.1 Å². The molecule has 368 valence electrons. The first kappa shape index (κ1) is 51.9. The van der Waals surface area contributed by atoms with Crippen LogP contribution in [-0.2, 0) is 37.3 Å². The maximum absolute atomic E-state index is 6.93. The van der Waals surface area contributed by atoms with Crippen LogP contribution in [0.4, 0.5) is 22.7 Å². The molecule has 2 aromatic heterocycles. The van der Waals surface area contributed by atoms with E-state index in [2.05, 4.69) is 262 Å². The zero-order valence-corrected chi connectivity index (χ0v) is 46.5. The smallest absolute Gasteiger partial charge is 0.509 e. The first-order valence-corrected chi connectivity index (χ1v) is 24.9. The minimum atomic E-state index is -0.211. The van der Waals surface area contributed by atoms with Gasteiger partial charge in [0.1, 0.15) is 5.82 Å². The first-order chi connectivity index (χ1) is 33.4. The maximum atomic E-state index is 6.93. The Morgan fingerprint density at radius 1 is 0.569 bits per heavy atom. The van der Waals surface area contributed by atoms with Gasteiger partial charge in [0.05, 0.1) is 0 Å². The molecule has 0 fully saturated rings. The van der Waals surface area contributed by atoms with Gasteiger partial charge in [-0.1, -0.05) is 179 Å². The molecule has 5 nitrogen and oxygen atoms in total. The molecule has 1 aliphatic heterocycles. The number of hydrogen-bond donors (Lipinski definition) is 0. The van der Waals surface area contributed by atoms with E-state index in [1.54, 1.807) is 0 Å². The monoisotopic (exact) mass is 1130 g/mol. The molecule has 9 aromatic rings. The van der Waals surface area contributed by atoms with Gasteiger partial charge in [-0.15, -0.1) is 48.3 Å². The fraction of sp³-hybridized carbons (Fsp3) is 0.258. The number of fused-ring (bicyclic) bond motifs is 4. The predicted molar refractivity (Wildman–Crippen MR) is 300 cm³/mol. The van der Waals surface area contributed by atoms with Crippen molar-refractivity contribution in [2.75, 3.05) is 9.80 Å². The van der Waals surface area contributed by atoms with E-state index in [0.717, 1.165) is 45.0 Å². The van der Waals surface area contributed by atoms with Crippen molar-refractivity contribution in [1.29, 1.82) is 0 Å². The van der Waals surface area contributed by atoms with Gasteiger partial charge < -0.3 is 26.5 Å². The molecular weight excluding hydrogens is 1060 g/mol. The van der Waals surface area contributed by atoms with Gasteiger partial charge in [0.15, 0.2) is 0 Å². The van der Waals surface area contributed by atoms with Crippen LogP contribution in [0.25, 0.3) is 38.8 Å². The van der Waals surface area contributed by atoms with Gasteiger partial charge in [0.25, 0.3) is 0 Å². The maximum Gasteiger partial charge on any atom is 4.00 e. The van der Waals surface area contributed by atoms with Crippen molar-refractivity contribution in [3.05, 3.63) is 217 Å². The molecule has 0 radical (unpaired) electrons. The third kappa shape index (κ3) is 9.54. The van der Waals surface area contributed by atoms with E-state index in [1.807, 2.05) is 12.3 Å². The molecule has 10 rings (SSSR count). The third-order valence-corrected chi connectivity index (χ3v) is 14.3. The van der Waals surface area contributed by atoms with E-state index in [9.17, 15) is 0 Å². The molecule has 0 spiro atoms. The second-order valence-corrected chi connectivity index (χ2v) is 22.2. The van der Waals surface area contributed by atoms with E-state index in [4.69, 9.17) is 9.72 Å². The third-order valence-electron chi connectivity index (χ3n) is 14.3. The Bertz CT molecular complexity index is 3380. The minimum absolute atomic E-state index is 0. The van der Waals surface area contributed by atoms with Gasteiger partial charge in [-0.05, 0) is 109 Å². The van der Waals surface area contributed by atoms with E-state index >= 15 is 0 Å². The van der Waals surface area contributed by atoms with Crippen LogP contribution in [0.15, 0.2) is 158 Å².